The smallest absolute Gasteiger partial charge is 0.305 e. The number of nitrogens with one attached hydrogen (secondary N) is 2. The number of imidazole rings is 1. The van der Waals surface area contributed by atoms with Gasteiger partial charge in [-0.3, -0.25) is 4.79 Å². The number of rotatable bonds is 11. The number of carbonyl (C=O) groups is 1. The molecule has 2 N–H and O–H groups in total. The third-order valence-corrected chi connectivity index (χ3v) is 3.08. The van der Waals surface area contributed by atoms with E-state index < -0.39 is 0 Å². The average Bonchev–Trinajstić information content (AvgIpc) is 2.87. The molecule has 0 spiro atoms. The molecule has 0 aliphatic heterocycles. The highest BCUT2D eigenvalue weighted by Crippen LogP contribution is 2.07. The van der Waals surface area contributed by atoms with Gasteiger partial charge in [0.05, 0.1) is 12.8 Å². The Hall–Kier alpha value is -1.52. The highest BCUT2D eigenvalue weighted by Gasteiger charge is 2.04. The van der Waals surface area contributed by atoms with Crippen LogP contribution in [-0.4, -0.2) is 29.1 Å². The van der Waals surface area contributed by atoms with Crippen LogP contribution in [0, 0.1) is 0 Å². The van der Waals surface area contributed by atoms with Gasteiger partial charge in [-0.1, -0.05) is 26.2 Å². The van der Waals surface area contributed by atoms with E-state index in [1.165, 1.54) is 25.7 Å². The Morgan fingerprint density at radius 1 is 1.30 bits per heavy atom. The van der Waals surface area contributed by atoms with Crippen molar-refractivity contribution in [1.29, 1.82) is 0 Å². The number of aromatic amines is 1. The van der Waals surface area contributed by atoms with Crippen molar-refractivity contribution in [3.8, 4) is 0 Å². The van der Waals surface area contributed by atoms with Gasteiger partial charge >= 0.3 is 5.97 Å². The highest BCUT2D eigenvalue weighted by atomic mass is 16.5. The van der Waals surface area contributed by atoms with Crippen LogP contribution < -0.4 is 5.32 Å². The van der Waals surface area contributed by atoms with Crippen LogP contribution in [0.1, 0.15) is 58.1 Å². The second-order valence-electron chi connectivity index (χ2n) is 4.90. The van der Waals surface area contributed by atoms with E-state index in [9.17, 15) is 4.79 Å². The quantitative estimate of drug-likeness (QED) is 0.482. The Morgan fingerprint density at radius 2 is 2.15 bits per heavy atom. The number of ether oxygens (including phenoxy) is 1. The Balaban J connectivity index is 2.14. The molecule has 0 saturated heterocycles. The summed E-state index contributed by atoms with van der Waals surface area (Å²) in [7, 11) is 0. The van der Waals surface area contributed by atoms with E-state index in [0.29, 0.717) is 13.0 Å². The standard InChI is InChI=1S/C15H27N3O2/c1-3-5-6-7-11-16-15-17-12-13(18-15)9-8-10-14(19)20-4-2/h12H,3-11H2,1-2H3,(H2,16,17,18). The van der Waals surface area contributed by atoms with E-state index in [0.717, 1.165) is 31.0 Å². The summed E-state index contributed by atoms with van der Waals surface area (Å²) in [6, 6.07) is 0. The number of aromatic nitrogens is 2. The molecule has 114 valence electrons. The van der Waals surface area contributed by atoms with Gasteiger partial charge in [0.1, 0.15) is 0 Å². The normalized spacial score (nSPS) is 10.5. The maximum Gasteiger partial charge on any atom is 0.305 e. The van der Waals surface area contributed by atoms with Gasteiger partial charge in [0.2, 0.25) is 0 Å². The fraction of sp³-hybridized carbons (Fsp3) is 0.733. The van der Waals surface area contributed by atoms with Gasteiger partial charge in [-0.15, -0.1) is 0 Å². The van der Waals surface area contributed by atoms with Crippen molar-refractivity contribution in [1.82, 2.24) is 9.97 Å². The number of H-pyrrole nitrogens is 1. The molecule has 0 bridgehead atoms. The van der Waals surface area contributed by atoms with E-state index in [1.54, 1.807) is 0 Å². The molecule has 1 aromatic heterocycles. The van der Waals surface area contributed by atoms with E-state index in [2.05, 4.69) is 22.2 Å². The summed E-state index contributed by atoms with van der Waals surface area (Å²) in [4.78, 5) is 18.7. The fourth-order valence-corrected chi connectivity index (χ4v) is 1.99. The van der Waals surface area contributed by atoms with Crippen LogP contribution in [-0.2, 0) is 16.0 Å². The first-order valence-electron chi connectivity index (χ1n) is 7.69. The molecule has 0 aliphatic carbocycles. The summed E-state index contributed by atoms with van der Waals surface area (Å²) in [6.07, 6.45) is 8.89. The molecule has 0 radical (unpaired) electrons. The zero-order chi connectivity index (χ0) is 14.6. The lowest BCUT2D eigenvalue weighted by molar-refractivity contribution is -0.143. The molecule has 1 aromatic rings. The van der Waals surface area contributed by atoms with Gasteiger partial charge in [-0.2, -0.15) is 0 Å². The molecule has 0 aromatic carbocycles. The van der Waals surface area contributed by atoms with Crippen LogP contribution in [0.5, 0.6) is 0 Å². The van der Waals surface area contributed by atoms with Crippen molar-refractivity contribution in [3.05, 3.63) is 11.9 Å². The summed E-state index contributed by atoms with van der Waals surface area (Å²) < 4.78 is 4.89. The molecule has 5 nitrogen and oxygen atoms in total. The molecule has 1 rings (SSSR count). The maximum absolute atomic E-state index is 11.2. The zero-order valence-corrected chi connectivity index (χ0v) is 12.7. The van der Waals surface area contributed by atoms with Crippen molar-refractivity contribution in [2.75, 3.05) is 18.5 Å². The molecule has 0 saturated carbocycles. The first-order chi connectivity index (χ1) is 9.76. The topological polar surface area (TPSA) is 67.0 Å². The number of aryl methyl sites for hydroxylation is 1. The van der Waals surface area contributed by atoms with Crippen molar-refractivity contribution < 1.29 is 9.53 Å². The number of unbranched alkanes of at least 4 members (excludes halogenated alkanes) is 3. The molecule has 0 atom stereocenters. The minimum absolute atomic E-state index is 0.124. The van der Waals surface area contributed by atoms with Gasteiger partial charge in [0.15, 0.2) is 5.95 Å². The number of anilines is 1. The summed E-state index contributed by atoms with van der Waals surface area (Å²) in [5.74, 6) is 0.703. The third-order valence-electron chi connectivity index (χ3n) is 3.08. The first kappa shape index (κ1) is 16.5. The largest absolute Gasteiger partial charge is 0.466 e. The number of hydrogen-bond donors (Lipinski definition) is 2. The summed E-state index contributed by atoms with van der Waals surface area (Å²) in [6.45, 7) is 5.44. The first-order valence-corrected chi connectivity index (χ1v) is 7.69. The van der Waals surface area contributed by atoms with Gasteiger partial charge in [0, 0.05) is 18.7 Å². The summed E-state index contributed by atoms with van der Waals surface area (Å²) >= 11 is 0. The lowest BCUT2D eigenvalue weighted by Gasteiger charge is -2.02. The molecule has 0 unspecified atom stereocenters. The molecular formula is C15H27N3O2. The van der Waals surface area contributed by atoms with Gasteiger partial charge in [-0.25, -0.2) is 4.98 Å². The fourth-order valence-electron chi connectivity index (χ4n) is 1.99. The Labute approximate surface area is 121 Å². The van der Waals surface area contributed by atoms with E-state index in [1.807, 2.05) is 13.1 Å². The van der Waals surface area contributed by atoms with Crippen molar-refractivity contribution >= 4 is 11.9 Å². The van der Waals surface area contributed by atoms with Crippen molar-refractivity contribution in [3.63, 3.8) is 0 Å². The molecule has 0 aliphatic rings. The molecule has 0 amide bonds. The molecular weight excluding hydrogens is 254 g/mol. The second-order valence-corrected chi connectivity index (χ2v) is 4.90. The number of nitrogens with zero attached hydrogens (tertiary/aromatic N) is 1. The minimum atomic E-state index is -0.124. The average molecular weight is 281 g/mol. The van der Waals surface area contributed by atoms with Gasteiger partial charge in [0.25, 0.3) is 0 Å². The molecule has 1 heterocycles. The van der Waals surface area contributed by atoms with E-state index in [-0.39, 0.29) is 5.97 Å². The van der Waals surface area contributed by atoms with Crippen LogP contribution >= 0.6 is 0 Å². The Bertz CT molecular complexity index is 377. The zero-order valence-electron chi connectivity index (χ0n) is 12.7. The number of carbonyl (C=O) groups excluding carboxylic acids is 1. The van der Waals surface area contributed by atoms with Gasteiger partial charge < -0.3 is 15.0 Å². The molecule has 5 heteroatoms. The number of hydrogen-bond acceptors (Lipinski definition) is 4. The summed E-state index contributed by atoms with van der Waals surface area (Å²) in [5.41, 5.74) is 1.06. The molecule has 0 fully saturated rings. The lowest BCUT2D eigenvalue weighted by atomic mass is 10.2. The Kier molecular flexibility index (Phi) is 8.51. The van der Waals surface area contributed by atoms with Crippen LogP contribution in [0.15, 0.2) is 6.20 Å². The van der Waals surface area contributed by atoms with Crippen LogP contribution in [0.25, 0.3) is 0 Å². The van der Waals surface area contributed by atoms with Crippen molar-refractivity contribution in [2.45, 2.75) is 58.8 Å². The second kappa shape index (κ2) is 10.3. The predicted octanol–water partition coefficient (Wildman–Crippen LogP) is 3.29. The lowest BCUT2D eigenvalue weighted by Crippen LogP contribution is -2.04. The van der Waals surface area contributed by atoms with E-state index in [4.69, 9.17) is 4.74 Å². The maximum atomic E-state index is 11.2. The number of esters is 1. The highest BCUT2D eigenvalue weighted by molar-refractivity contribution is 5.69. The van der Waals surface area contributed by atoms with Crippen LogP contribution in [0.4, 0.5) is 5.95 Å². The van der Waals surface area contributed by atoms with E-state index >= 15 is 0 Å². The Morgan fingerprint density at radius 3 is 2.90 bits per heavy atom. The van der Waals surface area contributed by atoms with Gasteiger partial charge in [-0.05, 0) is 26.2 Å². The predicted molar refractivity (Wildman–Crippen MR) is 80.8 cm³/mol. The third kappa shape index (κ3) is 7.16. The van der Waals surface area contributed by atoms with Crippen LogP contribution in [0.3, 0.4) is 0 Å². The summed E-state index contributed by atoms with van der Waals surface area (Å²) in [5, 5.41) is 3.29. The molecule has 20 heavy (non-hydrogen) atoms. The van der Waals surface area contributed by atoms with Crippen LogP contribution in [0.2, 0.25) is 0 Å². The van der Waals surface area contributed by atoms with Crippen molar-refractivity contribution in [2.24, 2.45) is 0 Å². The SMILES string of the molecule is CCCCCCNc1ncc(CCCC(=O)OCC)[nH]1. The monoisotopic (exact) mass is 281 g/mol. The minimum Gasteiger partial charge on any atom is -0.466 e.